The highest BCUT2D eigenvalue weighted by molar-refractivity contribution is 5.66. The number of aliphatic carboxylic acids is 1. The molecular formula is C11H23NO3. The molecule has 0 fully saturated rings. The summed E-state index contributed by atoms with van der Waals surface area (Å²) in [6.45, 7) is 5.93. The number of rotatable bonds is 10. The minimum absolute atomic E-state index is 0.296. The fourth-order valence-electron chi connectivity index (χ4n) is 1.44. The molecule has 0 aromatic rings. The Labute approximate surface area is 92.2 Å². The molecule has 1 N–H and O–H groups in total. The number of unbranched alkanes of at least 4 members (excludes halogenated alkanes) is 2. The van der Waals surface area contributed by atoms with Gasteiger partial charge in [-0.3, -0.25) is 4.79 Å². The largest absolute Gasteiger partial charge is 0.481 e. The number of ether oxygens (including phenoxy) is 1. The van der Waals surface area contributed by atoms with Crippen LogP contribution in [0, 0.1) is 0 Å². The van der Waals surface area contributed by atoms with Gasteiger partial charge in [0.25, 0.3) is 0 Å². The highest BCUT2D eigenvalue weighted by atomic mass is 16.5. The molecule has 4 heteroatoms. The first-order valence-corrected chi connectivity index (χ1v) is 5.63. The Morgan fingerprint density at radius 3 is 2.53 bits per heavy atom. The molecule has 0 atom stereocenters. The number of hydrogen-bond donors (Lipinski definition) is 1. The second-order valence-corrected chi connectivity index (χ2v) is 3.63. The van der Waals surface area contributed by atoms with E-state index in [0.29, 0.717) is 6.42 Å². The molecule has 0 radical (unpaired) electrons. The van der Waals surface area contributed by atoms with Crippen LogP contribution in [0.1, 0.15) is 32.6 Å². The van der Waals surface area contributed by atoms with E-state index in [1.54, 1.807) is 7.11 Å². The van der Waals surface area contributed by atoms with Crippen LogP contribution in [0.15, 0.2) is 0 Å². The first-order valence-electron chi connectivity index (χ1n) is 5.63. The standard InChI is InChI=1S/C11H23NO3/c1-3-12(9-10-15-2)8-6-4-5-7-11(13)14/h3-10H2,1-2H3,(H,13,14). The Morgan fingerprint density at radius 2 is 2.00 bits per heavy atom. The van der Waals surface area contributed by atoms with E-state index >= 15 is 0 Å². The second kappa shape index (κ2) is 9.93. The van der Waals surface area contributed by atoms with Gasteiger partial charge in [-0.25, -0.2) is 0 Å². The summed E-state index contributed by atoms with van der Waals surface area (Å²) >= 11 is 0. The van der Waals surface area contributed by atoms with E-state index in [2.05, 4.69) is 11.8 Å². The average Bonchev–Trinajstić information content (AvgIpc) is 2.21. The molecular weight excluding hydrogens is 194 g/mol. The van der Waals surface area contributed by atoms with Gasteiger partial charge in [-0.1, -0.05) is 13.3 Å². The van der Waals surface area contributed by atoms with Gasteiger partial charge in [0.15, 0.2) is 0 Å². The number of nitrogens with zero attached hydrogens (tertiary/aromatic N) is 1. The SMILES string of the molecule is CCN(CCCCCC(=O)O)CCOC. The molecule has 0 bridgehead atoms. The maximum atomic E-state index is 10.3. The molecule has 4 nitrogen and oxygen atoms in total. The average molecular weight is 217 g/mol. The van der Waals surface area contributed by atoms with Crippen molar-refractivity contribution < 1.29 is 14.6 Å². The van der Waals surface area contributed by atoms with Gasteiger partial charge in [0, 0.05) is 20.1 Å². The molecule has 0 aliphatic rings. The lowest BCUT2D eigenvalue weighted by Gasteiger charge is -2.19. The zero-order valence-electron chi connectivity index (χ0n) is 9.87. The molecule has 0 rings (SSSR count). The van der Waals surface area contributed by atoms with Gasteiger partial charge in [0.1, 0.15) is 0 Å². The van der Waals surface area contributed by atoms with E-state index in [-0.39, 0.29) is 0 Å². The molecule has 0 aromatic carbocycles. The third-order valence-electron chi connectivity index (χ3n) is 2.42. The van der Waals surface area contributed by atoms with Gasteiger partial charge < -0.3 is 14.7 Å². The lowest BCUT2D eigenvalue weighted by Crippen LogP contribution is -2.28. The molecule has 0 saturated carbocycles. The number of hydrogen-bond acceptors (Lipinski definition) is 3. The van der Waals surface area contributed by atoms with Crippen LogP contribution in [0.5, 0.6) is 0 Å². The lowest BCUT2D eigenvalue weighted by molar-refractivity contribution is -0.137. The van der Waals surface area contributed by atoms with Crippen molar-refractivity contribution in [2.24, 2.45) is 0 Å². The van der Waals surface area contributed by atoms with Crippen LogP contribution in [-0.4, -0.2) is 49.3 Å². The van der Waals surface area contributed by atoms with Crippen molar-refractivity contribution in [2.45, 2.75) is 32.6 Å². The monoisotopic (exact) mass is 217 g/mol. The van der Waals surface area contributed by atoms with Crippen LogP contribution in [0.2, 0.25) is 0 Å². The molecule has 0 spiro atoms. The molecule has 0 saturated heterocycles. The van der Waals surface area contributed by atoms with E-state index in [1.165, 1.54) is 0 Å². The van der Waals surface area contributed by atoms with Crippen molar-refractivity contribution in [3.63, 3.8) is 0 Å². The third kappa shape index (κ3) is 9.69. The Balaban J connectivity index is 3.33. The Kier molecular flexibility index (Phi) is 9.52. The topological polar surface area (TPSA) is 49.8 Å². The highest BCUT2D eigenvalue weighted by Gasteiger charge is 2.02. The van der Waals surface area contributed by atoms with E-state index in [4.69, 9.17) is 9.84 Å². The summed E-state index contributed by atoms with van der Waals surface area (Å²) in [4.78, 5) is 12.6. The smallest absolute Gasteiger partial charge is 0.303 e. The summed E-state index contributed by atoms with van der Waals surface area (Å²) < 4.78 is 5.01. The van der Waals surface area contributed by atoms with Crippen LogP contribution >= 0.6 is 0 Å². The van der Waals surface area contributed by atoms with Gasteiger partial charge in [0.05, 0.1) is 6.61 Å². The third-order valence-corrected chi connectivity index (χ3v) is 2.42. The van der Waals surface area contributed by atoms with Crippen LogP contribution in [0.4, 0.5) is 0 Å². The first-order chi connectivity index (χ1) is 7.20. The summed E-state index contributed by atoms with van der Waals surface area (Å²) in [5, 5.41) is 8.46. The fourth-order valence-corrected chi connectivity index (χ4v) is 1.44. The predicted molar refractivity (Wildman–Crippen MR) is 60.1 cm³/mol. The Hall–Kier alpha value is -0.610. The van der Waals surface area contributed by atoms with Crippen LogP contribution in [0.25, 0.3) is 0 Å². The number of methoxy groups -OCH3 is 1. The van der Waals surface area contributed by atoms with Crippen molar-refractivity contribution in [1.29, 1.82) is 0 Å². The predicted octanol–water partition coefficient (Wildman–Crippen LogP) is 1.60. The number of likely N-dealkylation sites (N-methyl/N-ethyl adjacent to an activating group) is 1. The van der Waals surface area contributed by atoms with Crippen LogP contribution in [0.3, 0.4) is 0 Å². The number of carbonyl (C=O) groups is 1. The van der Waals surface area contributed by atoms with E-state index in [0.717, 1.165) is 45.5 Å². The van der Waals surface area contributed by atoms with E-state index < -0.39 is 5.97 Å². The van der Waals surface area contributed by atoms with Crippen molar-refractivity contribution >= 4 is 5.97 Å². The fraction of sp³-hybridized carbons (Fsp3) is 0.909. The Bertz CT molecular complexity index is 162. The van der Waals surface area contributed by atoms with Crippen molar-refractivity contribution in [1.82, 2.24) is 4.90 Å². The number of carboxylic acids is 1. The van der Waals surface area contributed by atoms with Crippen molar-refractivity contribution in [3.05, 3.63) is 0 Å². The Morgan fingerprint density at radius 1 is 1.27 bits per heavy atom. The van der Waals surface area contributed by atoms with Gasteiger partial charge in [-0.05, 0) is 25.9 Å². The van der Waals surface area contributed by atoms with Crippen molar-refractivity contribution in [3.8, 4) is 0 Å². The van der Waals surface area contributed by atoms with E-state index in [9.17, 15) is 4.79 Å². The molecule has 90 valence electrons. The number of carboxylic acid groups (broad SMARTS) is 1. The summed E-state index contributed by atoms with van der Waals surface area (Å²) in [7, 11) is 1.71. The first kappa shape index (κ1) is 14.4. The van der Waals surface area contributed by atoms with E-state index in [1.807, 2.05) is 0 Å². The summed E-state index contributed by atoms with van der Waals surface area (Å²) in [5.74, 6) is -0.693. The maximum Gasteiger partial charge on any atom is 0.303 e. The second-order valence-electron chi connectivity index (χ2n) is 3.63. The van der Waals surface area contributed by atoms with Crippen molar-refractivity contribution in [2.75, 3.05) is 33.4 Å². The van der Waals surface area contributed by atoms with Gasteiger partial charge in [0.2, 0.25) is 0 Å². The molecule has 0 amide bonds. The van der Waals surface area contributed by atoms with Crippen LogP contribution < -0.4 is 0 Å². The molecule has 0 heterocycles. The summed E-state index contributed by atoms with van der Waals surface area (Å²) in [6, 6.07) is 0. The maximum absolute atomic E-state index is 10.3. The minimum atomic E-state index is -0.693. The quantitative estimate of drug-likeness (QED) is 0.565. The van der Waals surface area contributed by atoms with Gasteiger partial charge in [-0.2, -0.15) is 0 Å². The normalized spacial score (nSPS) is 10.9. The zero-order chi connectivity index (χ0) is 11.5. The minimum Gasteiger partial charge on any atom is -0.481 e. The molecule has 0 aliphatic carbocycles. The van der Waals surface area contributed by atoms with Crippen LogP contribution in [-0.2, 0) is 9.53 Å². The summed E-state index contributed by atoms with van der Waals surface area (Å²) in [5.41, 5.74) is 0. The highest BCUT2D eigenvalue weighted by Crippen LogP contribution is 2.01. The molecule has 0 aromatic heterocycles. The molecule has 15 heavy (non-hydrogen) atoms. The van der Waals surface area contributed by atoms with Gasteiger partial charge in [-0.15, -0.1) is 0 Å². The zero-order valence-corrected chi connectivity index (χ0v) is 9.87. The molecule has 0 aliphatic heterocycles. The lowest BCUT2D eigenvalue weighted by atomic mass is 10.2. The van der Waals surface area contributed by atoms with Gasteiger partial charge >= 0.3 is 5.97 Å². The summed E-state index contributed by atoms with van der Waals surface area (Å²) in [6.07, 6.45) is 3.15. The molecule has 0 unspecified atom stereocenters.